The number of carbonyl (C=O) groups is 1. The van der Waals surface area contributed by atoms with E-state index in [1.165, 1.54) is 0 Å². The summed E-state index contributed by atoms with van der Waals surface area (Å²) in [6, 6.07) is 16.0. The number of nitrogens with two attached hydrogens (primary N) is 1. The Hall–Kier alpha value is -2.88. The van der Waals surface area contributed by atoms with Crippen LogP contribution in [0.5, 0.6) is 0 Å². The quantitative estimate of drug-likeness (QED) is 0.697. The van der Waals surface area contributed by atoms with E-state index in [2.05, 4.69) is 4.98 Å². The number of benzene rings is 2. The lowest BCUT2D eigenvalue weighted by atomic mass is 10.0. The van der Waals surface area contributed by atoms with Gasteiger partial charge in [0.15, 0.2) is 0 Å². The van der Waals surface area contributed by atoms with Gasteiger partial charge in [-0.15, -0.1) is 0 Å². The summed E-state index contributed by atoms with van der Waals surface area (Å²) in [6.07, 6.45) is 0. The SMILES string of the molecule is Nc1ccc(-c2cc(C(=O)O)c3ccccc3n2)cc1. The Morgan fingerprint density at radius 1 is 1.05 bits per heavy atom. The molecular formula is C16H12N2O2. The van der Waals surface area contributed by atoms with Gasteiger partial charge in [0.25, 0.3) is 0 Å². The van der Waals surface area contributed by atoms with Crippen molar-refractivity contribution in [2.45, 2.75) is 0 Å². The second kappa shape index (κ2) is 4.66. The highest BCUT2D eigenvalue weighted by atomic mass is 16.4. The number of rotatable bonds is 2. The van der Waals surface area contributed by atoms with E-state index >= 15 is 0 Å². The van der Waals surface area contributed by atoms with Crippen LogP contribution in [0.25, 0.3) is 22.2 Å². The van der Waals surface area contributed by atoms with Crippen molar-refractivity contribution in [2.75, 3.05) is 5.73 Å². The molecule has 0 amide bonds. The molecule has 0 aliphatic carbocycles. The van der Waals surface area contributed by atoms with Crippen molar-refractivity contribution in [1.82, 2.24) is 4.98 Å². The monoisotopic (exact) mass is 264 g/mol. The minimum absolute atomic E-state index is 0.252. The highest BCUT2D eigenvalue weighted by Gasteiger charge is 2.12. The van der Waals surface area contributed by atoms with Crippen molar-refractivity contribution < 1.29 is 9.90 Å². The molecule has 0 saturated heterocycles. The van der Waals surface area contributed by atoms with Gasteiger partial charge in [-0.05, 0) is 24.3 Å². The Bertz CT molecular complexity index is 795. The molecule has 0 aliphatic rings. The number of anilines is 1. The Balaban J connectivity index is 2.27. The van der Waals surface area contributed by atoms with Crippen molar-refractivity contribution >= 4 is 22.6 Å². The molecule has 0 spiro atoms. The van der Waals surface area contributed by atoms with Crippen LogP contribution < -0.4 is 5.73 Å². The van der Waals surface area contributed by atoms with Crippen molar-refractivity contribution in [1.29, 1.82) is 0 Å². The number of aromatic carboxylic acids is 1. The van der Waals surface area contributed by atoms with Gasteiger partial charge in [-0.1, -0.05) is 30.3 Å². The molecule has 0 saturated carbocycles. The largest absolute Gasteiger partial charge is 0.478 e. The predicted molar refractivity (Wildman–Crippen MR) is 78.6 cm³/mol. The maximum absolute atomic E-state index is 11.4. The van der Waals surface area contributed by atoms with E-state index in [4.69, 9.17) is 5.73 Å². The van der Waals surface area contributed by atoms with E-state index < -0.39 is 5.97 Å². The van der Waals surface area contributed by atoms with Crippen LogP contribution in [0, 0.1) is 0 Å². The van der Waals surface area contributed by atoms with Crippen LogP contribution in [0.15, 0.2) is 54.6 Å². The minimum Gasteiger partial charge on any atom is -0.478 e. The maximum atomic E-state index is 11.4. The number of carboxylic acids is 1. The summed E-state index contributed by atoms with van der Waals surface area (Å²) in [7, 11) is 0. The molecule has 3 aromatic rings. The smallest absolute Gasteiger partial charge is 0.336 e. The molecule has 4 heteroatoms. The molecule has 0 bridgehead atoms. The van der Waals surface area contributed by atoms with Gasteiger partial charge < -0.3 is 10.8 Å². The minimum atomic E-state index is -0.958. The first kappa shape index (κ1) is 12.2. The molecule has 3 N–H and O–H groups in total. The summed E-state index contributed by atoms with van der Waals surface area (Å²) in [6.45, 7) is 0. The second-order valence-electron chi connectivity index (χ2n) is 4.50. The van der Waals surface area contributed by atoms with Crippen molar-refractivity contribution in [3.05, 3.63) is 60.2 Å². The van der Waals surface area contributed by atoms with E-state index in [1.54, 1.807) is 30.3 Å². The van der Waals surface area contributed by atoms with Gasteiger partial charge in [-0.3, -0.25) is 0 Å². The molecule has 1 aromatic heterocycles. The zero-order chi connectivity index (χ0) is 14.1. The Morgan fingerprint density at radius 3 is 2.45 bits per heavy atom. The van der Waals surface area contributed by atoms with Crippen LogP contribution in [0.4, 0.5) is 5.69 Å². The van der Waals surface area contributed by atoms with Crippen molar-refractivity contribution in [3.63, 3.8) is 0 Å². The Labute approximate surface area is 115 Å². The van der Waals surface area contributed by atoms with Gasteiger partial charge in [-0.25, -0.2) is 9.78 Å². The van der Waals surface area contributed by atoms with Crippen molar-refractivity contribution in [2.24, 2.45) is 0 Å². The van der Waals surface area contributed by atoms with E-state index in [1.807, 2.05) is 24.3 Å². The molecule has 4 nitrogen and oxygen atoms in total. The van der Waals surface area contributed by atoms with E-state index in [9.17, 15) is 9.90 Å². The number of pyridine rings is 1. The fourth-order valence-corrected chi connectivity index (χ4v) is 2.15. The molecule has 3 rings (SSSR count). The van der Waals surface area contributed by atoms with E-state index in [0.717, 1.165) is 5.56 Å². The second-order valence-corrected chi connectivity index (χ2v) is 4.50. The number of hydrogen-bond acceptors (Lipinski definition) is 3. The standard InChI is InChI=1S/C16H12N2O2/c17-11-7-5-10(6-8-11)15-9-13(16(19)20)12-3-1-2-4-14(12)18-15/h1-9H,17H2,(H,19,20). The van der Waals surface area contributed by atoms with E-state index in [-0.39, 0.29) is 5.56 Å². The first-order chi connectivity index (χ1) is 9.65. The molecule has 0 aliphatic heterocycles. The molecule has 1 heterocycles. The summed E-state index contributed by atoms with van der Waals surface area (Å²) >= 11 is 0. The number of carboxylic acid groups (broad SMARTS) is 1. The van der Waals surface area contributed by atoms with Crippen LogP contribution in [-0.4, -0.2) is 16.1 Å². The highest BCUT2D eigenvalue weighted by Crippen LogP contribution is 2.25. The third-order valence-electron chi connectivity index (χ3n) is 3.15. The van der Waals surface area contributed by atoms with Gasteiger partial charge in [0.1, 0.15) is 0 Å². The number of nitrogens with zero attached hydrogens (tertiary/aromatic N) is 1. The van der Waals surface area contributed by atoms with Gasteiger partial charge in [0.05, 0.1) is 16.8 Å². The summed E-state index contributed by atoms with van der Waals surface area (Å²) in [5, 5.41) is 9.99. The highest BCUT2D eigenvalue weighted by molar-refractivity contribution is 6.03. The van der Waals surface area contributed by atoms with Crippen LogP contribution in [-0.2, 0) is 0 Å². The van der Waals surface area contributed by atoms with Gasteiger partial charge in [0.2, 0.25) is 0 Å². The van der Waals surface area contributed by atoms with Gasteiger partial charge >= 0.3 is 5.97 Å². The normalized spacial score (nSPS) is 10.6. The Kier molecular flexibility index (Phi) is 2.84. The summed E-state index contributed by atoms with van der Waals surface area (Å²) in [5.41, 5.74) is 8.70. The lowest BCUT2D eigenvalue weighted by Crippen LogP contribution is -2.00. The molecule has 98 valence electrons. The Morgan fingerprint density at radius 2 is 1.75 bits per heavy atom. The van der Waals surface area contributed by atoms with Gasteiger partial charge in [-0.2, -0.15) is 0 Å². The number of para-hydroxylation sites is 1. The summed E-state index contributed by atoms with van der Waals surface area (Å²) < 4.78 is 0. The third kappa shape index (κ3) is 2.07. The summed E-state index contributed by atoms with van der Waals surface area (Å²) in [4.78, 5) is 15.9. The molecule has 0 radical (unpaired) electrons. The first-order valence-corrected chi connectivity index (χ1v) is 6.14. The molecule has 0 atom stereocenters. The zero-order valence-corrected chi connectivity index (χ0v) is 10.6. The fourth-order valence-electron chi connectivity index (χ4n) is 2.15. The van der Waals surface area contributed by atoms with E-state index in [0.29, 0.717) is 22.3 Å². The van der Waals surface area contributed by atoms with Crippen LogP contribution in [0.3, 0.4) is 0 Å². The number of aromatic nitrogens is 1. The van der Waals surface area contributed by atoms with Gasteiger partial charge in [0, 0.05) is 16.6 Å². The molecule has 0 unspecified atom stereocenters. The first-order valence-electron chi connectivity index (χ1n) is 6.14. The molecule has 2 aromatic carbocycles. The topological polar surface area (TPSA) is 76.2 Å². The van der Waals surface area contributed by atoms with Crippen molar-refractivity contribution in [3.8, 4) is 11.3 Å². The average Bonchev–Trinajstić information content (AvgIpc) is 2.46. The average molecular weight is 264 g/mol. The molecule has 20 heavy (non-hydrogen) atoms. The third-order valence-corrected chi connectivity index (χ3v) is 3.15. The number of nitrogen functional groups attached to an aromatic ring is 1. The number of hydrogen-bond donors (Lipinski definition) is 2. The fraction of sp³-hybridized carbons (Fsp3) is 0. The predicted octanol–water partition coefficient (Wildman–Crippen LogP) is 3.18. The van der Waals surface area contributed by atoms with Crippen LogP contribution >= 0.6 is 0 Å². The maximum Gasteiger partial charge on any atom is 0.336 e. The molecular weight excluding hydrogens is 252 g/mol. The lowest BCUT2D eigenvalue weighted by Gasteiger charge is -2.07. The lowest BCUT2D eigenvalue weighted by molar-refractivity contribution is 0.0699. The zero-order valence-electron chi connectivity index (χ0n) is 10.6. The van der Waals surface area contributed by atoms with Crippen LogP contribution in [0.2, 0.25) is 0 Å². The summed E-state index contributed by atoms with van der Waals surface area (Å²) in [5.74, 6) is -0.958. The van der Waals surface area contributed by atoms with Crippen LogP contribution in [0.1, 0.15) is 10.4 Å². The number of fused-ring (bicyclic) bond motifs is 1. The molecule has 0 fully saturated rings.